The molecule has 1 aromatic heterocycles. The molecule has 0 aromatic carbocycles. The molecule has 0 radical (unpaired) electrons. The summed E-state index contributed by atoms with van der Waals surface area (Å²) in [5.74, 6) is 0.613. The molecule has 1 fully saturated rings. The molecule has 0 bridgehead atoms. The number of carbonyl (C=O) groups is 1. The summed E-state index contributed by atoms with van der Waals surface area (Å²) in [6.45, 7) is 0.724. The van der Waals surface area contributed by atoms with Gasteiger partial charge < -0.3 is 4.90 Å². The summed E-state index contributed by atoms with van der Waals surface area (Å²) >= 11 is 5.70. The van der Waals surface area contributed by atoms with E-state index in [1.54, 1.807) is 12.4 Å². The molecule has 1 heterocycles. The smallest absolute Gasteiger partial charge is 0.257 e. The van der Waals surface area contributed by atoms with Crippen molar-refractivity contribution < 1.29 is 4.79 Å². The molecule has 1 aromatic rings. The third kappa shape index (κ3) is 2.94. The minimum atomic E-state index is 0.0282. The van der Waals surface area contributed by atoms with Gasteiger partial charge in [-0.3, -0.25) is 4.79 Å². The van der Waals surface area contributed by atoms with Crippen LogP contribution in [0.2, 0.25) is 0 Å². The average Bonchev–Trinajstić information content (AvgIpc) is 2.32. The van der Waals surface area contributed by atoms with Gasteiger partial charge in [-0.25, -0.2) is 9.97 Å². The van der Waals surface area contributed by atoms with Crippen molar-refractivity contribution in [1.82, 2.24) is 14.9 Å². The van der Waals surface area contributed by atoms with Crippen LogP contribution in [0.4, 0.5) is 0 Å². The molecule has 92 valence electrons. The molecule has 5 heteroatoms. The first kappa shape index (κ1) is 12.3. The Balaban J connectivity index is 2.06. The summed E-state index contributed by atoms with van der Waals surface area (Å²) in [5.41, 5.74) is 0.564. The molecule has 0 atom stereocenters. The Hall–Kier alpha value is -1.16. The van der Waals surface area contributed by atoms with Crippen LogP contribution in [-0.2, 0) is 0 Å². The maximum atomic E-state index is 12.3. The van der Waals surface area contributed by atoms with E-state index in [4.69, 9.17) is 11.6 Å². The fraction of sp³-hybridized carbons (Fsp3) is 0.583. The van der Waals surface area contributed by atoms with Crippen molar-refractivity contribution in [2.75, 3.05) is 12.4 Å². The maximum absolute atomic E-state index is 12.3. The Bertz CT molecular complexity index is 367. The summed E-state index contributed by atoms with van der Waals surface area (Å²) in [6, 6.07) is 0.380. The molecule has 0 N–H and O–H groups in total. The van der Waals surface area contributed by atoms with Crippen LogP contribution >= 0.6 is 11.6 Å². The summed E-state index contributed by atoms with van der Waals surface area (Å²) in [6.07, 6.45) is 8.81. The number of alkyl halides is 1. The summed E-state index contributed by atoms with van der Waals surface area (Å²) < 4.78 is 0. The van der Waals surface area contributed by atoms with Crippen molar-refractivity contribution in [3.05, 3.63) is 24.3 Å². The topological polar surface area (TPSA) is 46.1 Å². The molecule has 4 nitrogen and oxygen atoms in total. The second kappa shape index (κ2) is 5.96. The third-order valence-electron chi connectivity index (χ3n) is 3.12. The van der Waals surface area contributed by atoms with Gasteiger partial charge in [0, 0.05) is 30.9 Å². The summed E-state index contributed by atoms with van der Waals surface area (Å²) in [5, 5.41) is 0. The predicted molar refractivity (Wildman–Crippen MR) is 66.0 cm³/mol. The fourth-order valence-electron chi connectivity index (χ4n) is 1.95. The lowest BCUT2D eigenvalue weighted by Gasteiger charge is -2.37. The van der Waals surface area contributed by atoms with Gasteiger partial charge in [-0.15, -0.1) is 11.6 Å². The van der Waals surface area contributed by atoms with Crippen molar-refractivity contribution in [1.29, 1.82) is 0 Å². The van der Waals surface area contributed by atoms with Crippen LogP contribution in [0.15, 0.2) is 18.7 Å². The largest absolute Gasteiger partial charge is 0.336 e. The van der Waals surface area contributed by atoms with E-state index in [1.807, 2.05) is 4.90 Å². The van der Waals surface area contributed by atoms with Crippen LogP contribution in [-0.4, -0.2) is 39.2 Å². The molecule has 1 amide bonds. The van der Waals surface area contributed by atoms with Crippen LogP contribution in [0.3, 0.4) is 0 Å². The molecule has 0 aliphatic heterocycles. The number of nitrogens with zero attached hydrogens (tertiary/aromatic N) is 3. The van der Waals surface area contributed by atoms with Gasteiger partial charge in [0.2, 0.25) is 0 Å². The zero-order chi connectivity index (χ0) is 12.1. The molecule has 0 unspecified atom stereocenters. The highest BCUT2D eigenvalue weighted by Crippen LogP contribution is 2.26. The number of hydrogen-bond acceptors (Lipinski definition) is 3. The molecule has 1 aliphatic rings. The summed E-state index contributed by atoms with van der Waals surface area (Å²) in [4.78, 5) is 22.0. The van der Waals surface area contributed by atoms with Crippen molar-refractivity contribution in [2.45, 2.75) is 31.7 Å². The normalized spacial score (nSPS) is 15.4. The Morgan fingerprint density at radius 2 is 2.12 bits per heavy atom. The van der Waals surface area contributed by atoms with Gasteiger partial charge in [0.25, 0.3) is 5.91 Å². The lowest BCUT2D eigenvalue weighted by molar-refractivity contribution is 0.0580. The molecule has 17 heavy (non-hydrogen) atoms. The first-order valence-electron chi connectivity index (χ1n) is 5.95. The highest BCUT2D eigenvalue weighted by molar-refractivity contribution is 6.17. The Kier molecular flexibility index (Phi) is 4.31. The highest BCUT2D eigenvalue weighted by atomic mass is 35.5. The zero-order valence-electron chi connectivity index (χ0n) is 9.68. The van der Waals surface area contributed by atoms with Gasteiger partial charge in [-0.2, -0.15) is 0 Å². The van der Waals surface area contributed by atoms with Crippen LogP contribution < -0.4 is 0 Å². The number of amides is 1. The quantitative estimate of drug-likeness (QED) is 0.755. The summed E-state index contributed by atoms with van der Waals surface area (Å²) in [7, 11) is 0. The lowest BCUT2D eigenvalue weighted by Crippen LogP contribution is -2.44. The zero-order valence-corrected chi connectivity index (χ0v) is 10.4. The van der Waals surface area contributed by atoms with Gasteiger partial charge in [-0.05, 0) is 25.7 Å². The molecular weight excluding hydrogens is 238 g/mol. The third-order valence-corrected chi connectivity index (χ3v) is 3.38. The van der Waals surface area contributed by atoms with E-state index in [0.717, 1.165) is 25.8 Å². The number of halogens is 1. The fourth-order valence-corrected chi connectivity index (χ4v) is 2.07. The van der Waals surface area contributed by atoms with E-state index in [-0.39, 0.29) is 5.91 Å². The van der Waals surface area contributed by atoms with Crippen molar-refractivity contribution in [3.63, 3.8) is 0 Å². The van der Waals surface area contributed by atoms with Gasteiger partial charge >= 0.3 is 0 Å². The molecule has 0 saturated heterocycles. The minimum absolute atomic E-state index is 0.0282. The highest BCUT2D eigenvalue weighted by Gasteiger charge is 2.29. The second-order valence-corrected chi connectivity index (χ2v) is 4.63. The van der Waals surface area contributed by atoms with Crippen molar-refractivity contribution >= 4 is 17.5 Å². The second-order valence-electron chi connectivity index (χ2n) is 4.25. The van der Waals surface area contributed by atoms with Crippen molar-refractivity contribution in [2.24, 2.45) is 0 Å². The first-order valence-corrected chi connectivity index (χ1v) is 6.48. The van der Waals surface area contributed by atoms with Crippen LogP contribution in [0.1, 0.15) is 36.0 Å². The van der Waals surface area contributed by atoms with E-state index in [1.165, 1.54) is 12.7 Å². The SMILES string of the molecule is O=C(c1cncnc1)N(CCCCl)C1CCC1. The average molecular weight is 254 g/mol. The van der Waals surface area contributed by atoms with E-state index in [9.17, 15) is 4.79 Å². The van der Waals surface area contributed by atoms with E-state index in [2.05, 4.69) is 9.97 Å². The van der Waals surface area contributed by atoms with Gasteiger partial charge in [-0.1, -0.05) is 0 Å². The number of hydrogen-bond donors (Lipinski definition) is 0. The predicted octanol–water partition coefficient (Wildman–Crippen LogP) is 2.10. The standard InChI is InChI=1S/C12H16ClN3O/c13-5-2-6-16(11-3-1-4-11)12(17)10-7-14-9-15-8-10/h7-9,11H,1-6H2. The molecule has 0 spiro atoms. The molecule has 1 aliphatic carbocycles. The number of carbonyl (C=O) groups excluding carboxylic acids is 1. The van der Waals surface area contributed by atoms with Gasteiger partial charge in [0.15, 0.2) is 0 Å². The van der Waals surface area contributed by atoms with E-state index < -0.39 is 0 Å². The minimum Gasteiger partial charge on any atom is -0.336 e. The van der Waals surface area contributed by atoms with Crippen LogP contribution in [0, 0.1) is 0 Å². The van der Waals surface area contributed by atoms with Gasteiger partial charge in [0.05, 0.1) is 5.56 Å². The molecular formula is C12H16ClN3O. The van der Waals surface area contributed by atoms with E-state index in [0.29, 0.717) is 17.5 Å². The Labute approximate surface area is 106 Å². The Morgan fingerprint density at radius 1 is 1.41 bits per heavy atom. The van der Waals surface area contributed by atoms with Crippen LogP contribution in [0.5, 0.6) is 0 Å². The lowest BCUT2D eigenvalue weighted by atomic mass is 9.91. The van der Waals surface area contributed by atoms with E-state index >= 15 is 0 Å². The van der Waals surface area contributed by atoms with Gasteiger partial charge in [0.1, 0.15) is 6.33 Å². The molecule has 2 rings (SSSR count). The Morgan fingerprint density at radius 3 is 2.65 bits per heavy atom. The van der Waals surface area contributed by atoms with Crippen molar-refractivity contribution in [3.8, 4) is 0 Å². The number of rotatable bonds is 5. The monoisotopic (exact) mass is 253 g/mol. The number of aromatic nitrogens is 2. The van der Waals surface area contributed by atoms with Crippen LogP contribution in [0.25, 0.3) is 0 Å². The molecule has 1 saturated carbocycles. The first-order chi connectivity index (χ1) is 8.33. The maximum Gasteiger partial charge on any atom is 0.257 e.